The standard InChI is InChI=1S/C20H25ClN2O3S2/c1-16-6-5-7-17(12-16)15-27-11-10-22-20(24)14-23(28(2,25)26)13-18-8-3-4-9-19(18)21/h3-9,12H,10-11,13-15H2,1-2H3,(H,22,24). The summed E-state index contributed by atoms with van der Waals surface area (Å²) < 4.78 is 25.2. The van der Waals surface area contributed by atoms with Crippen molar-refractivity contribution in [1.29, 1.82) is 0 Å². The first-order chi connectivity index (χ1) is 13.3. The molecule has 0 heterocycles. The van der Waals surface area contributed by atoms with Gasteiger partial charge in [-0.3, -0.25) is 4.79 Å². The molecule has 0 aliphatic heterocycles. The van der Waals surface area contributed by atoms with E-state index in [0.717, 1.165) is 22.1 Å². The zero-order chi connectivity index (χ0) is 20.6. The molecule has 0 fully saturated rings. The van der Waals surface area contributed by atoms with E-state index in [1.807, 2.05) is 6.07 Å². The molecular formula is C20H25ClN2O3S2. The summed E-state index contributed by atoms with van der Waals surface area (Å²) in [6.07, 6.45) is 1.09. The largest absolute Gasteiger partial charge is 0.354 e. The van der Waals surface area contributed by atoms with Crippen LogP contribution in [-0.4, -0.2) is 43.7 Å². The molecule has 1 N–H and O–H groups in total. The first-order valence-electron chi connectivity index (χ1n) is 8.84. The number of benzene rings is 2. The van der Waals surface area contributed by atoms with E-state index in [1.54, 1.807) is 36.0 Å². The molecule has 8 heteroatoms. The predicted octanol–water partition coefficient (Wildman–Crippen LogP) is 3.46. The van der Waals surface area contributed by atoms with Gasteiger partial charge in [0.15, 0.2) is 0 Å². The van der Waals surface area contributed by atoms with Gasteiger partial charge in [-0.15, -0.1) is 0 Å². The number of hydrogen-bond acceptors (Lipinski definition) is 4. The Morgan fingerprint density at radius 3 is 2.61 bits per heavy atom. The maximum absolute atomic E-state index is 12.2. The van der Waals surface area contributed by atoms with E-state index in [2.05, 4.69) is 30.4 Å². The number of halogens is 1. The molecule has 0 spiro atoms. The maximum Gasteiger partial charge on any atom is 0.235 e. The molecule has 0 bridgehead atoms. The lowest BCUT2D eigenvalue weighted by Gasteiger charge is -2.20. The number of thioether (sulfide) groups is 1. The van der Waals surface area contributed by atoms with Crippen LogP contribution in [0.5, 0.6) is 0 Å². The Hall–Kier alpha value is -1.54. The van der Waals surface area contributed by atoms with Crippen LogP contribution in [0.15, 0.2) is 48.5 Å². The predicted molar refractivity (Wildman–Crippen MR) is 117 cm³/mol. The third-order valence-electron chi connectivity index (χ3n) is 4.01. The monoisotopic (exact) mass is 440 g/mol. The molecule has 0 aliphatic carbocycles. The molecular weight excluding hydrogens is 416 g/mol. The summed E-state index contributed by atoms with van der Waals surface area (Å²) >= 11 is 7.83. The van der Waals surface area contributed by atoms with Gasteiger partial charge in [0.05, 0.1) is 12.8 Å². The van der Waals surface area contributed by atoms with Crippen molar-refractivity contribution < 1.29 is 13.2 Å². The van der Waals surface area contributed by atoms with Crippen LogP contribution in [0.1, 0.15) is 16.7 Å². The van der Waals surface area contributed by atoms with Crippen molar-refractivity contribution >= 4 is 39.3 Å². The maximum atomic E-state index is 12.2. The van der Waals surface area contributed by atoms with Crippen molar-refractivity contribution in [1.82, 2.24) is 9.62 Å². The van der Waals surface area contributed by atoms with Gasteiger partial charge in [0.25, 0.3) is 0 Å². The molecule has 0 saturated heterocycles. The number of rotatable bonds is 10. The highest BCUT2D eigenvalue weighted by molar-refractivity contribution is 7.98. The van der Waals surface area contributed by atoms with Crippen LogP contribution in [0.4, 0.5) is 0 Å². The van der Waals surface area contributed by atoms with Crippen molar-refractivity contribution in [3.8, 4) is 0 Å². The quantitative estimate of drug-likeness (QED) is 0.574. The van der Waals surface area contributed by atoms with E-state index in [4.69, 9.17) is 11.6 Å². The molecule has 5 nitrogen and oxygen atoms in total. The van der Waals surface area contributed by atoms with Gasteiger partial charge in [-0.2, -0.15) is 16.1 Å². The summed E-state index contributed by atoms with van der Waals surface area (Å²) in [5.74, 6) is 1.30. The van der Waals surface area contributed by atoms with Crippen molar-refractivity contribution in [2.75, 3.05) is 25.1 Å². The molecule has 152 valence electrons. The normalized spacial score (nSPS) is 11.6. The average molecular weight is 441 g/mol. The highest BCUT2D eigenvalue weighted by Gasteiger charge is 2.21. The number of amides is 1. The molecule has 0 aromatic heterocycles. The fourth-order valence-electron chi connectivity index (χ4n) is 2.58. The SMILES string of the molecule is Cc1cccc(CSCCNC(=O)CN(Cc2ccccc2Cl)S(C)(=O)=O)c1. The van der Waals surface area contributed by atoms with E-state index in [-0.39, 0.29) is 19.0 Å². The topological polar surface area (TPSA) is 66.5 Å². The zero-order valence-electron chi connectivity index (χ0n) is 16.0. The fraction of sp³-hybridized carbons (Fsp3) is 0.350. The molecule has 2 rings (SSSR count). The Bertz CT molecular complexity index is 904. The molecule has 0 radical (unpaired) electrons. The second kappa shape index (κ2) is 10.9. The summed E-state index contributed by atoms with van der Waals surface area (Å²) in [7, 11) is -3.54. The molecule has 0 saturated carbocycles. The van der Waals surface area contributed by atoms with Gasteiger partial charge in [-0.25, -0.2) is 8.42 Å². The number of carbonyl (C=O) groups excluding carboxylic acids is 1. The summed E-state index contributed by atoms with van der Waals surface area (Å²) in [5, 5.41) is 3.26. The number of nitrogens with one attached hydrogen (secondary N) is 1. The van der Waals surface area contributed by atoms with E-state index in [1.165, 1.54) is 11.1 Å². The van der Waals surface area contributed by atoms with Gasteiger partial charge < -0.3 is 5.32 Å². The van der Waals surface area contributed by atoms with Crippen molar-refractivity contribution in [2.45, 2.75) is 19.2 Å². The van der Waals surface area contributed by atoms with Crippen molar-refractivity contribution in [2.24, 2.45) is 0 Å². The van der Waals surface area contributed by atoms with Gasteiger partial charge >= 0.3 is 0 Å². The molecule has 0 unspecified atom stereocenters. The smallest absolute Gasteiger partial charge is 0.235 e. The highest BCUT2D eigenvalue weighted by Crippen LogP contribution is 2.18. The third kappa shape index (κ3) is 7.83. The second-order valence-corrected chi connectivity index (χ2v) is 10.0. The summed E-state index contributed by atoms with van der Waals surface area (Å²) in [6.45, 7) is 2.38. The Balaban J connectivity index is 1.79. The first-order valence-corrected chi connectivity index (χ1v) is 12.2. The second-order valence-electron chi connectivity index (χ2n) is 6.51. The number of sulfonamides is 1. The van der Waals surface area contributed by atoms with Crippen LogP contribution in [-0.2, 0) is 27.1 Å². The molecule has 1 amide bonds. The van der Waals surface area contributed by atoms with Crippen molar-refractivity contribution in [3.63, 3.8) is 0 Å². The third-order valence-corrected chi connectivity index (χ3v) is 6.61. The Kier molecular flexibility index (Phi) is 8.82. The van der Waals surface area contributed by atoms with Gasteiger partial charge in [0, 0.05) is 29.6 Å². The highest BCUT2D eigenvalue weighted by atomic mass is 35.5. The number of carbonyl (C=O) groups is 1. The molecule has 2 aromatic rings. The minimum Gasteiger partial charge on any atom is -0.354 e. The van der Waals surface area contributed by atoms with Crippen molar-refractivity contribution in [3.05, 3.63) is 70.2 Å². The minimum atomic E-state index is -3.54. The average Bonchev–Trinajstić information content (AvgIpc) is 2.62. The Morgan fingerprint density at radius 2 is 1.93 bits per heavy atom. The summed E-state index contributed by atoms with van der Waals surface area (Å²) in [4.78, 5) is 12.2. The molecule has 28 heavy (non-hydrogen) atoms. The van der Waals surface area contributed by atoms with Crippen LogP contribution in [0.3, 0.4) is 0 Å². The number of hydrogen-bond donors (Lipinski definition) is 1. The molecule has 0 aliphatic rings. The first kappa shape index (κ1) is 22.7. The van der Waals surface area contributed by atoms with Crippen LogP contribution < -0.4 is 5.32 Å². The Morgan fingerprint density at radius 1 is 1.18 bits per heavy atom. The van der Waals surface area contributed by atoms with E-state index < -0.39 is 10.0 Å². The van der Waals surface area contributed by atoms with Gasteiger partial charge in [-0.05, 0) is 24.1 Å². The van der Waals surface area contributed by atoms with Crippen LogP contribution in [0, 0.1) is 6.92 Å². The van der Waals surface area contributed by atoms with Gasteiger partial charge in [0.2, 0.25) is 15.9 Å². The van der Waals surface area contributed by atoms with E-state index in [9.17, 15) is 13.2 Å². The molecule has 2 aromatic carbocycles. The van der Waals surface area contributed by atoms with E-state index >= 15 is 0 Å². The van der Waals surface area contributed by atoms with Gasteiger partial charge in [0.1, 0.15) is 0 Å². The minimum absolute atomic E-state index is 0.0635. The fourth-order valence-corrected chi connectivity index (χ4v) is 4.30. The van der Waals surface area contributed by atoms with Crippen LogP contribution >= 0.6 is 23.4 Å². The zero-order valence-corrected chi connectivity index (χ0v) is 18.4. The number of nitrogens with zero attached hydrogens (tertiary/aromatic N) is 1. The number of aryl methyl sites for hydroxylation is 1. The van der Waals surface area contributed by atoms with Gasteiger partial charge in [-0.1, -0.05) is 59.6 Å². The Labute approximate surface area is 176 Å². The summed E-state index contributed by atoms with van der Waals surface area (Å²) in [5.41, 5.74) is 3.14. The lowest BCUT2D eigenvalue weighted by molar-refractivity contribution is -0.121. The van der Waals surface area contributed by atoms with Crippen LogP contribution in [0.2, 0.25) is 5.02 Å². The lowest BCUT2D eigenvalue weighted by Crippen LogP contribution is -2.40. The lowest BCUT2D eigenvalue weighted by atomic mass is 10.2. The summed E-state index contributed by atoms with van der Waals surface area (Å²) in [6, 6.07) is 15.3. The van der Waals surface area contributed by atoms with E-state index in [0.29, 0.717) is 17.1 Å². The van der Waals surface area contributed by atoms with Crippen LogP contribution in [0.25, 0.3) is 0 Å². The molecule has 0 atom stereocenters.